The van der Waals surface area contributed by atoms with Crippen LogP contribution in [-0.4, -0.2) is 10.1 Å². The Kier molecular flexibility index (Phi) is 2.76. The minimum absolute atomic E-state index is 0.526. The molecule has 4 nitrogen and oxygen atoms in total. The summed E-state index contributed by atoms with van der Waals surface area (Å²) in [5.74, 6) is 2.84. The molecule has 3 rings (SSSR count). The van der Waals surface area contributed by atoms with Crippen LogP contribution >= 0.6 is 11.8 Å². The predicted octanol–water partition coefficient (Wildman–Crippen LogP) is 2.82. The van der Waals surface area contributed by atoms with Crippen molar-refractivity contribution >= 4 is 17.4 Å². The standard InChI is InChI=1S/C12H13N3OS/c13-9-3-5-10(6-4-9)17-7-11-14-12(16-15-11)8-1-2-8/h3-6,8H,1-2,7,13H2. The van der Waals surface area contributed by atoms with E-state index in [1.54, 1.807) is 11.8 Å². The minimum atomic E-state index is 0.526. The lowest BCUT2D eigenvalue weighted by Gasteiger charge is -1.98. The highest BCUT2D eigenvalue weighted by Crippen LogP contribution is 2.39. The van der Waals surface area contributed by atoms with Crippen LogP contribution in [0.1, 0.15) is 30.5 Å². The molecule has 1 aromatic heterocycles. The van der Waals surface area contributed by atoms with Crippen molar-refractivity contribution in [1.82, 2.24) is 10.1 Å². The quantitative estimate of drug-likeness (QED) is 0.664. The Bertz CT molecular complexity index is 505. The highest BCUT2D eigenvalue weighted by Gasteiger charge is 2.29. The van der Waals surface area contributed by atoms with Crippen molar-refractivity contribution in [1.29, 1.82) is 0 Å². The van der Waals surface area contributed by atoms with Gasteiger partial charge in [-0.3, -0.25) is 0 Å². The summed E-state index contributed by atoms with van der Waals surface area (Å²) in [6, 6.07) is 7.80. The summed E-state index contributed by atoms with van der Waals surface area (Å²) in [6.07, 6.45) is 2.37. The molecule has 5 heteroatoms. The number of hydrogen-bond donors (Lipinski definition) is 1. The minimum Gasteiger partial charge on any atom is -0.399 e. The van der Waals surface area contributed by atoms with Crippen molar-refractivity contribution in [2.45, 2.75) is 29.4 Å². The fourth-order valence-corrected chi connectivity index (χ4v) is 2.28. The molecule has 0 aliphatic heterocycles. The van der Waals surface area contributed by atoms with Gasteiger partial charge >= 0.3 is 0 Å². The van der Waals surface area contributed by atoms with Crippen LogP contribution in [0, 0.1) is 0 Å². The zero-order chi connectivity index (χ0) is 11.7. The Labute approximate surface area is 104 Å². The SMILES string of the molecule is Nc1ccc(SCc2noc(C3CC3)n2)cc1. The normalized spacial score (nSPS) is 15.1. The van der Waals surface area contributed by atoms with Gasteiger partial charge < -0.3 is 10.3 Å². The van der Waals surface area contributed by atoms with Gasteiger partial charge in [-0.1, -0.05) is 5.16 Å². The number of nitrogens with two attached hydrogens (primary N) is 1. The van der Waals surface area contributed by atoms with Gasteiger partial charge in [-0.2, -0.15) is 4.98 Å². The number of aromatic nitrogens is 2. The first kappa shape index (κ1) is 10.7. The van der Waals surface area contributed by atoms with Crippen LogP contribution < -0.4 is 5.73 Å². The van der Waals surface area contributed by atoms with E-state index in [0.29, 0.717) is 5.92 Å². The molecule has 0 bridgehead atoms. The van der Waals surface area contributed by atoms with Crippen LogP contribution in [0.5, 0.6) is 0 Å². The van der Waals surface area contributed by atoms with Crippen LogP contribution in [0.2, 0.25) is 0 Å². The van der Waals surface area contributed by atoms with Crippen LogP contribution in [0.25, 0.3) is 0 Å². The molecule has 0 radical (unpaired) electrons. The Morgan fingerprint density at radius 3 is 2.76 bits per heavy atom. The second kappa shape index (κ2) is 4.41. The number of nitrogen functional groups attached to an aromatic ring is 1. The zero-order valence-electron chi connectivity index (χ0n) is 9.30. The van der Waals surface area contributed by atoms with Crippen LogP contribution in [0.3, 0.4) is 0 Å². The monoisotopic (exact) mass is 247 g/mol. The highest BCUT2D eigenvalue weighted by molar-refractivity contribution is 7.98. The van der Waals surface area contributed by atoms with Gasteiger partial charge in [0.05, 0.1) is 5.75 Å². The first-order valence-electron chi connectivity index (χ1n) is 5.62. The third kappa shape index (κ3) is 2.61. The summed E-state index contributed by atoms with van der Waals surface area (Å²) in [6.45, 7) is 0. The van der Waals surface area contributed by atoms with Crippen LogP contribution in [0.15, 0.2) is 33.7 Å². The summed E-state index contributed by atoms with van der Waals surface area (Å²) < 4.78 is 5.20. The maximum Gasteiger partial charge on any atom is 0.229 e. The number of benzene rings is 1. The molecule has 1 fully saturated rings. The summed E-state index contributed by atoms with van der Waals surface area (Å²) in [4.78, 5) is 5.55. The van der Waals surface area contributed by atoms with Gasteiger partial charge in [-0.15, -0.1) is 11.8 Å². The van der Waals surface area contributed by atoms with Gasteiger partial charge in [0.1, 0.15) is 0 Å². The molecule has 1 aromatic carbocycles. The molecule has 0 amide bonds. The largest absolute Gasteiger partial charge is 0.399 e. The van der Waals surface area contributed by atoms with E-state index < -0.39 is 0 Å². The van der Waals surface area contributed by atoms with Crippen LogP contribution in [-0.2, 0) is 5.75 Å². The average molecular weight is 247 g/mol. The molecule has 0 saturated heterocycles. The molecule has 17 heavy (non-hydrogen) atoms. The van der Waals surface area contributed by atoms with Gasteiger partial charge in [0.2, 0.25) is 5.89 Å². The molecule has 1 aliphatic rings. The van der Waals surface area contributed by atoms with E-state index in [1.807, 2.05) is 24.3 Å². The number of nitrogens with zero attached hydrogens (tertiary/aromatic N) is 2. The van der Waals surface area contributed by atoms with E-state index in [1.165, 1.54) is 12.8 Å². The molecule has 2 aromatic rings. The van der Waals surface area contributed by atoms with Gasteiger partial charge in [-0.25, -0.2) is 0 Å². The maximum absolute atomic E-state index is 5.63. The number of anilines is 1. The van der Waals surface area contributed by atoms with Crippen molar-refractivity contribution < 1.29 is 4.52 Å². The number of thioether (sulfide) groups is 1. The molecule has 2 N–H and O–H groups in total. The molecule has 0 unspecified atom stereocenters. The fourth-order valence-electron chi connectivity index (χ4n) is 1.53. The van der Waals surface area contributed by atoms with Gasteiger partial charge in [0.15, 0.2) is 5.82 Å². The third-order valence-corrected chi connectivity index (χ3v) is 3.67. The predicted molar refractivity (Wildman–Crippen MR) is 66.7 cm³/mol. The van der Waals surface area contributed by atoms with E-state index in [9.17, 15) is 0 Å². The topological polar surface area (TPSA) is 64.9 Å². The first-order chi connectivity index (χ1) is 8.31. The van der Waals surface area contributed by atoms with Crippen molar-refractivity contribution in [2.75, 3.05) is 5.73 Å². The van der Waals surface area contributed by atoms with Gasteiger partial charge in [-0.05, 0) is 37.1 Å². The van der Waals surface area contributed by atoms with Crippen molar-refractivity contribution in [2.24, 2.45) is 0 Å². The molecule has 1 heterocycles. The first-order valence-corrected chi connectivity index (χ1v) is 6.60. The summed E-state index contributed by atoms with van der Waals surface area (Å²) >= 11 is 1.69. The van der Waals surface area contributed by atoms with E-state index in [2.05, 4.69) is 10.1 Å². The zero-order valence-corrected chi connectivity index (χ0v) is 10.1. The smallest absolute Gasteiger partial charge is 0.229 e. The van der Waals surface area contributed by atoms with Gasteiger partial charge in [0, 0.05) is 16.5 Å². The summed E-state index contributed by atoms with van der Waals surface area (Å²) in [7, 11) is 0. The van der Waals surface area contributed by atoms with Crippen molar-refractivity contribution in [3.63, 3.8) is 0 Å². The molecule has 0 spiro atoms. The molecule has 1 saturated carbocycles. The average Bonchev–Trinajstić information content (AvgIpc) is 3.09. The molecular weight excluding hydrogens is 234 g/mol. The Morgan fingerprint density at radius 1 is 1.29 bits per heavy atom. The molecular formula is C12H13N3OS. The Hall–Kier alpha value is -1.49. The lowest BCUT2D eigenvalue weighted by atomic mass is 10.3. The lowest BCUT2D eigenvalue weighted by Crippen LogP contribution is -1.86. The molecule has 0 atom stereocenters. The van der Waals surface area contributed by atoms with E-state index in [0.717, 1.165) is 28.1 Å². The van der Waals surface area contributed by atoms with Crippen molar-refractivity contribution in [3.8, 4) is 0 Å². The molecule has 1 aliphatic carbocycles. The maximum atomic E-state index is 5.63. The van der Waals surface area contributed by atoms with E-state index >= 15 is 0 Å². The summed E-state index contributed by atoms with van der Waals surface area (Å²) in [5, 5.41) is 3.98. The van der Waals surface area contributed by atoms with Crippen molar-refractivity contribution in [3.05, 3.63) is 36.0 Å². The Balaban J connectivity index is 1.60. The van der Waals surface area contributed by atoms with E-state index in [-0.39, 0.29) is 0 Å². The lowest BCUT2D eigenvalue weighted by molar-refractivity contribution is 0.375. The molecule has 88 valence electrons. The third-order valence-electron chi connectivity index (χ3n) is 2.66. The highest BCUT2D eigenvalue weighted by atomic mass is 32.2. The fraction of sp³-hybridized carbons (Fsp3) is 0.333. The summed E-state index contributed by atoms with van der Waals surface area (Å²) in [5.41, 5.74) is 6.41. The van der Waals surface area contributed by atoms with Crippen LogP contribution in [0.4, 0.5) is 5.69 Å². The second-order valence-electron chi connectivity index (χ2n) is 4.18. The second-order valence-corrected chi connectivity index (χ2v) is 5.23. The van der Waals surface area contributed by atoms with E-state index in [4.69, 9.17) is 10.3 Å². The van der Waals surface area contributed by atoms with Gasteiger partial charge in [0.25, 0.3) is 0 Å². The number of hydrogen-bond acceptors (Lipinski definition) is 5. The Morgan fingerprint density at radius 2 is 2.06 bits per heavy atom. The number of rotatable bonds is 4.